The highest BCUT2D eigenvalue weighted by Gasteiger charge is 2.15. The largest absolute Gasteiger partial charge is 0.455 e. The highest BCUT2D eigenvalue weighted by molar-refractivity contribution is 6.33. The summed E-state index contributed by atoms with van der Waals surface area (Å²) in [5.74, 6) is -1.48. The number of hydrogen-bond acceptors (Lipinski definition) is 5. The molecule has 2 aromatic rings. The summed E-state index contributed by atoms with van der Waals surface area (Å²) in [6.07, 6.45) is 0.565. The SMILES string of the molecule is O=C(CCc1ccccc1)C(=O)OCc1ccc([N+](=O)[O-])cc1. The molecule has 0 aliphatic heterocycles. The number of nitro benzene ring substituents is 1. The smallest absolute Gasteiger partial charge is 0.374 e. The third kappa shape index (κ3) is 5.03. The fourth-order valence-corrected chi connectivity index (χ4v) is 1.95. The van der Waals surface area contributed by atoms with E-state index >= 15 is 0 Å². The van der Waals surface area contributed by atoms with E-state index in [1.807, 2.05) is 30.3 Å². The number of ketones is 1. The standard InChI is InChI=1S/C17H15NO5/c19-16(11-8-13-4-2-1-3-5-13)17(20)23-12-14-6-9-15(10-7-14)18(21)22/h1-7,9-10H,8,11-12H2. The summed E-state index contributed by atoms with van der Waals surface area (Å²) >= 11 is 0. The first-order valence-electron chi connectivity index (χ1n) is 7.03. The molecule has 0 saturated carbocycles. The summed E-state index contributed by atoms with van der Waals surface area (Å²) in [6, 6.07) is 15.0. The third-order valence-corrected chi connectivity index (χ3v) is 3.23. The normalized spacial score (nSPS) is 10.1. The van der Waals surface area contributed by atoms with Crippen LogP contribution < -0.4 is 0 Å². The minimum absolute atomic E-state index is 0.0426. The Morgan fingerprint density at radius 3 is 2.22 bits per heavy atom. The van der Waals surface area contributed by atoms with Crippen molar-refractivity contribution in [2.45, 2.75) is 19.4 Å². The number of non-ortho nitro benzene ring substituents is 1. The first-order valence-corrected chi connectivity index (χ1v) is 7.03. The van der Waals surface area contributed by atoms with Crippen LogP contribution in [0.25, 0.3) is 0 Å². The molecule has 0 N–H and O–H groups in total. The molecule has 0 aliphatic carbocycles. The zero-order chi connectivity index (χ0) is 16.7. The fraction of sp³-hybridized carbons (Fsp3) is 0.176. The van der Waals surface area contributed by atoms with Gasteiger partial charge in [-0.3, -0.25) is 14.9 Å². The van der Waals surface area contributed by atoms with E-state index in [2.05, 4.69) is 0 Å². The summed E-state index contributed by atoms with van der Waals surface area (Å²) < 4.78 is 4.92. The van der Waals surface area contributed by atoms with Crippen molar-refractivity contribution in [3.63, 3.8) is 0 Å². The molecule has 0 bridgehead atoms. The molecule has 0 fully saturated rings. The number of carbonyl (C=O) groups excluding carboxylic acids is 2. The van der Waals surface area contributed by atoms with Crippen LogP contribution in [0, 0.1) is 10.1 Å². The molecule has 0 radical (unpaired) electrons. The first-order chi connectivity index (χ1) is 11.1. The molecular formula is C17H15NO5. The van der Waals surface area contributed by atoms with Crippen molar-refractivity contribution in [1.82, 2.24) is 0 Å². The van der Waals surface area contributed by atoms with Gasteiger partial charge >= 0.3 is 5.97 Å². The summed E-state index contributed by atoms with van der Waals surface area (Å²) in [5, 5.41) is 10.5. The molecule has 0 aromatic heterocycles. The van der Waals surface area contributed by atoms with Gasteiger partial charge in [-0.15, -0.1) is 0 Å². The average molecular weight is 313 g/mol. The van der Waals surface area contributed by atoms with Crippen molar-refractivity contribution in [1.29, 1.82) is 0 Å². The Morgan fingerprint density at radius 2 is 1.61 bits per heavy atom. The number of esters is 1. The zero-order valence-corrected chi connectivity index (χ0v) is 12.3. The number of ether oxygens (including phenoxy) is 1. The van der Waals surface area contributed by atoms with E-state index in [4.69, 9.17) is 4.74 Å². The van der Waals surface area contributed by atoms with E-state index in [1.165, 1.54) is 24.3 Å². The Hall–Kier alpha value is -3.02. The molecule has 2 rings (SSSR count). The topological polar surface area (TPSA) is 86.5 Å². The Kier molecular flexibility index (Phi) is 5.57. The highest BCUT2D eigenvalue weighted by Crippen LogP contribution is 2.12. The maximum Gasteiger partial charge on any atom is 0.374 e. The van der Waals surface area contributed by atoms with Crippen LogP contribution in [0.3, 0.4) is 0 Å². The van der Waals surface area contributed by atoms with Gasteiger partial charge in [-0.2, -0.15) is 0 Å². The molecule has 6 nitrogen and oxygen atoms in total. The molecule has 0 heterocycles. The summed E-state index contributed by atoms with van der Waals surface area (Å²) in [5.41, 5.74) is 1.52. The second-order valence-electron chi connectivity index (χ2n) is 4.91. The van der Waals surface area contributed by atoms with Crippen LogP contribution in [-0.4, -0.2) is 16.7 Å². The lowest BCUT2D eigenvalue weighted by Crippen LogP contribution is -2.17. The Bertz CT molecular complexity index is 695. The lowest BCUT2D eigenvalue weighted by Gasteiger charge is -2.04. The van der Waals surface area contributed by atoms with E-state index in [0.29, 0.717) is 12.0 Å². The predicted molar refractivity (Wildman–Crippen MR) is 82.7 cm³/mol. The summed E-state index contributed by atoms with van der Waals surface area (Å²) in [6.45, 7) is -0.0894. The van der Waals surface area contributed by atoms with Gasteiger partial charge in [-0.1, -0.05) is 30.3 Å². The van der Waals surface area contributed by atoms with Crippen molar-refractivity contribution < 1.29 is 19.2 Å². The molecule has 2 aromatic carbocycles. The number of Topliss-reactive ketones (excluding diaryl/α,β-unsaturated/α-hetero) is 1. The van der Waals surface area contributed by atoms with Crippen LogP contribution in [0.2, 0.25) is 0 Å². The van der Waals surface area contributed by atoms with E-state index in [9.17, 15) is 19.7 Å². The average Bonchev–Trinajstić information content (AvgIpc) is 2.58. The second kappa shape index (κ2) is 7.84. The molecule has 6 heteroatoms. The van der Waals surface area contributed by atoms with Crippen LogP contribution in [0.4, 0.5) is 5.69 Å². The Morgan fingerprint density at radius 1 is 0.957 bits per heavy atom. The van der Waals surface area contributed by atoms with Gasteiger partial charge in [0.25, 0.3) is 5.69 Å². The molecule has 0 spiro atoms. The molecule has 118 valence electrons. The Balaban J connectivity index is 1.79. The van der Waals surface area contributed by atoms with Crippen LogP contribution in [0.1, 0.15) is 17.5 Å². The fourth-order valence-electron chi connectivity index (χ4n) is 1.95. The van der Waals surface area contributed by atoms with Gasteiger partial charge in [-0.05, 0) is 29.7 Å². The molecule has 0 atom stereocenters. The number of nitrogens with zero attached hydrogens (tertiary/aromatic N) is 1. The van der Waals surface area contributed by atoms with Crippen LogP contribution in [0.15, 0.2) is 54.6 Å². The lowest BCUT2D eigenvalue weighted by atomic mass is 10.1. The van der Waals surface area contributed by atoms with E-state index in [-0.39, 0.29) is 18.7 Å². The molecule has 0 aliphatic rings. The van der Waals surface area contributed by atoms with Gasteiger partial charge in [0.15, 0.2) is 0 Å². The molecule has 0 saturated heterocycles. The monoisotopic (exact) mass is 313 g/mol. The molecule has 0 unspecified atom stereocenters. The van der Waals surface area contributed by atoms with Crippen molar-refractivity contribution in [2.24, 2.45) is 0 Å². The zero-order valence-electron chi connectivity index (χ0n) is 12.3. The predicted octanol–water partition coefficient (Wildman–Crippen LogP) is 2.84. The number of benzene rings is 2. The van der Waals surface area contributed by atoms with Crippen molar-refractivity contribution in [3.8, 4) is 0 Å². The highest BCUT2D eigenvalue weighted by atomic mass is 16.6. The number of nitro groups is 1. The van der Waals surface area contributed by atoms with Gasteiger partial charge in [0.05, 0.1) is 4.92 Å². The van der Waals surface area contributed by atoms with Gasteiger partial charge < -0.3 is 4.74 Å². The number of rotatable bonds is 7. The lowest BCUT2D eigenvalue weighted by molar-refractivity contribution is -0.384. The maximum atomic E-state index is 11.7. The second-order valence-corrected chi connectivity index (χ2v) is 4.91. The van der Waals surface area contributed by atoms with Gasteiger partial charge in [-0.25, -0.2) is 4.79 Å². The van der Waals surface area contributed by atoms with E-state index in [1.54, 1.807) is 0 Å². The first kappa shape index (κ1) is 16.4. The molecular weight excluding hydrogens is 298 g/mol. The van der Waals surface area contributed by atoms with Crippen molar-refractivity contribution in [3.05, 3.63) is 75.8 Å². The van der Waals surface area contributed by atoms with E-state index in [0.717, 1.165) is 5.56 Å². The van der Waals surface area contributed by atoms with Crippen LogP contribution >= 0.6 is 0 Å². The molecule has 23 heavy (non-hydrogen) atoms. The summed E-state index contributed by atoms with van der Waals surface area (Å²) in [7, 11) is 0. The van der Waals surface area contributed by atoms with Gasteiger partial charge in [0, 0.05) is 18.6 Å². The van der Waals surface area contributed by atoms with Crippen molar-refractivity contribution in [2.75, 3.05) is 0 Å². The van der Waals surface area contributed by atoms with Crippen molar-refractivity contribution >= 4 is 17.4 Å². The van der Waals surface area contributed by atoms with Crippen LogP contribution in [0.5, 0.6) is 0 Å². The maximum absolute atomic E-state index is 11.7. The minimum Gasteiger partial charge on any atom is -0.455 e. The number of hydrogen-bond donors (Lipinski definition) is 0. The number of aryl methyl sites for hydroxylation is 1. The summed E-state index contributed by atoms with van der Waals surface area (Å²) in [4.78, 5) is 33.4. The van der Waals surface area contributed by atoms with Gasteiger partial charge in [0.1, 0.15) is 6.61 Å². The molecule has 0 amide bonds. The third-order valence-electron chi connectivity index (χ3n) is 3.23. The van der Waals surface area contributed by atoms with Gasteiger partial charge in [0.2, 0.25) is 5.78 Å². The van der Waals surface area contributed by atoms with Crippen LogP contribution in [-0.2, 0) is 27.4 Å². The minimum atomic E-state index is -0.890. The Labute approximate surface area is 132 Å². The quantitative estimate of drug-likeness (QED) is 0.339. The van der Waals surface area contributed by atoms with E-state index < -0.39 is 16.7 Å². The number of carbonyl (C=O) groups is 2.